The molecule has 0 atom stereocenters. The molecule has 0 bridgehead atoms. The predicted octanol–water partition coefficient (Wildman–Crippen LogP) is 2.37. The summed E-state index contributed by atoms with van der Waals surface area (Å²) in [4.78, 5) is 18.7. The van der Waals surface area contributed by atoms with E-state index in [0.29, 0.717) is 36.3 Å². The van der Waals surface area contributed by atoms with E-state index >= 15 is 0 Å². The third kappa shape index (κ3) is 3.18. The van der Waals surface area contributed by atoms with Gasteiger partial charge in [0.15, 0.2) is 11.6 Å². The first-order valence-corrected chi connectivity index (χ1v) is 9.79. The van der Waals surface area contributed by atoms with Gasteiger partial charge in [-0.1, -0.05) is 12.1 Å². The summed E-state index contributed by atoms with van der Waals surface area (Å²) in [7, 11) is 3.46. The fourth-order valence-corrected chi connectivity index (χ4v) is 4.10. The highest BCUT2D eigenvalue weighted by molar-refractivity contribution is 6.07. The number of benzene rings is 2. The molecule has 0 unspecified atom stereocenters. The molecule has 9 heteroatoms. The molecule has 5 rings (SSSR count). The van der Waals surface area contributed by atoms with Crippen molar-refractivity contribution < 1.29 is 14.3 Å². The first kappa shape index (κ1) is 19.1. The van der Waals surface area contributed by atoms with Crippen LogP contribution in [0.3, 0.4) is 0 Å². The maximum absolute atomic E-state index is 13.2. The van der Waals surface area contributed by atoms with Crippen molar-refractivity contribution in [3.05, 3.63) is 76.0 Å². The number of nitrogens with zero attached hydrogens (tertiary/aromatic N) is 6. The number of hydrogen-bond acceptors (Lipinski definition) is 6. The van der Waals surface area contributed by atoms with Gasteiger partial charge in [0.25, 0.3) is 5.91 Å². The van der Waals surface area contributed by atoms with Crippen molar-refractivity contribution in [3.63, 3.8) is 0 Å². The topological polar surface area (TPSA) is 97.0 Å². The maximum atomic E-state index is 13.2. The van der Waals surface area contributed by atoms with Crippen molar-refractivity contribution in [3.8, 4) is 5.75 Å². The van der Waals surface area contributed by atoms with E-state index in [1.54, 1.807) is 42.0 Å². The quantitative estimate of drug-likeness (QED) is 0.547. The lowest BCUT2D eigenvalue weighted by Crippen LogP contribution is -2.17. The number of rotatable bonds is 4. The Balaban J connectivity index is 1.69. The van der Waals surface area contributed by atoms with Gasteiger partial charge in [-0.05, 0) is 57.3 Å². The van der Waals surface area contributed by atoms with Crippen molar-refractivity contribution in [2.45, 2.75) is 19.4 Å². The lowest BCUT2D eigenvalue weighted by molar-refractivity contribution is 0.0814. The summed E-state index contributed by atoms with van der Waals surface area (Å²) < 4.78 is 14.8. The summed E-state index contributed by atoms with van der Waals surface area (Å²) in [6.45, 7) is 0.389. The number of fused-ring (bicyclic) bond motifs is 2. The molecule has 1 N–H and O–H groups in total. The Labute approximate surface area is 176 Å². The first-order valence-electron chi connectivity index (χ1n) is 9.79. The summed E-state index contributed by atoms with van der Waals surface area (Å²) in [5.74, 6) is 0.0193. The third-order valence-electron chi connectivity index (χ3n) is 5.72. The van der Waals surface area contributed by atoms with Gasteiger partial charge < -0.3 is 10.0 Å². The number of halogens is 1. The minimum Gasteiger partial charge on any atom is -0.505 e. The van der Waals surface area contributed by atoms with E-state index in [1.165, 1.54) is 12.1 Å². The minimum atomic E-state index is -0.283. The Morgan fingerprint density at radius 3 is 2.61 bits per heavy atom. The van der Waals surface area contributed by atoms with Gasteiger partial charge in [0, 0.05) is 38.6 Å². The van der Waals surface area contributed by atoms with Gasteiger partial charge in [-0.2, -0.15) is 0 Å². The molecule has 0 aliphatic carbocycles. The molecule has 0 radical (unpaired) electrons. The van der Waals surface area contributed by atoms with Crippen LogP contribution in [-0.2, 0) is 26.4 Å². The van der Waals surface area contributed by atoms with Gasteiger partial charge in [0.05, 0.1) is 5.56 Å². The average Bonchev–Trinajstić information content (AvgIpc) is 3.29. The van der Waals surface area contributed by atoms with Crippen LogP contribution in [0.2, 0.25) is 0 Å². The molecule has 0 saturated carbocycles. The zero-order valence-electron chi connectivity index (χ0n) is 17.0. The van der Waals surface area contributed by atoms with E-state index in [2.05, 4.69) is 20.5 Å². The summed E-state index contributed by atoms with van der Waals surface area (Å²) in [5, 5.41) is 23.3. The number of amides is 1. The van der Waals surface area contributed by atoms with E-state index in [-0.39, 0.29) is 17.5 Å². The Bertz CT molecular complexity index is 1330. The number of phenolic OH excluding ortho intramolecular Hbond substituents is 1. The van der Waals surface area contributed by atoms with E-state index in [4.69, 9.17) is 0 Å². The molecule has 0 fully saturated rings. The second-order valence-corrected chi connectivity index (χ2v) is 7.78. The molecule has 31 heavy (non-hydrogen) atoms. The van der Waals surface area contributed by atoms with Crippen LogP contribution in [0.15, 0.2) is 36.5 Å². The largest absolute Gasteiger partial charge is 0.505 e. The van der Waals surface area contributed by atoms with E-state index in [0.717, 1.165) is 27.6 Å². The van der Waals surface area contributed by atoms with Crippen molar-refractivity contribution in [1.29, 1.82) is 0 Å². The maximum Gasteiger partial charge on any atom is 0.258 e. The van der Waals surface area contributed by atoms with Crippen LogP contribution in [0.1, 0.15) is 38.4 Å². The molecule has 1 aliphatic rings. The second-order valence-electron chi connectivity index (χ2n) is 7.78. The number of aromatic nitrogens is 5. The lowest BCUT2D eigenvalue weighted by Gasteiger charge is -2.14. The molecule has 8 nitrogen and oxygen atoms in total. The van der Waals surface area contributed by atoms with Crippen molar-refractivity contribution >= 4 is 16.8 Å². The fourth-order valence-electron chi connectivity index (χ4n) is 4.10. The molecular formula is C22H19FN6O2. The van der Waals surface area contributed by atoms with Crippen molar-refractivity contribution in [1.82, 2.24) is 30.1 Å². The van der Waals surface area contributed by atoms with Crippen LogP contribution >= 0.6 is 0 Å². The molecule has 4 aromatic rings. The highest BCUT2D eigenvalue weighted by Gasteiger charge is 2.33. The molecule has 3 heterocycles. The van der Waals surface area contributed by atoms with Crippen molar-refractivity contribution in [2.24, 2.45) is 7.05 Å². The van der Waals surface area contributed by atoms with E-state index in [1.807, 2.05) is 6.07 Å². The average molecular weight is 418 g/mol. The summed E-state index contributed by atoms with van der Waals surface area (Å²) in [6.07, 6.45) is 2.63. The van der Waals surface area contributed by atoms with Crippen LogP contribution in [-0.4, -0.2) is 48.2 Å². The van der Waals surface area contributed by atoms with E-state index in [9.17, 15) is 14.3 Å². The molecule has 2 aromatic carbocycles. The van der Waals surface area contributed by atoms with Gasteiger partial charge in [0.1, 0.15) is 11.3 Å². The summed E-state index contributed by atoms with van der Waals surface area (Å²) >= 11 is 0. The molecular weight excluding hydrogens is 399 g/mol. The highest BCUT2D eigenvalue weighted by Crippen LogP contribution is 2.40. The number of tetrazole rings is 1. The number of phenols is 1. The number of carbonyl (C=O) groups is 1. The minimum absolute atomic E-state index is 0.104. The lowest BCUT2D eigenvalue weighted by atomic mass is 9.93. The van der Waals surface area contributed by atoms with Gasteiger partial charge in [-0.15, -0.1) is 5.10 Å². The van der Waals surface area contributed by atoms with Gasteiger partial charge in [-0.3, -0.25) is 9.78 Å². The zero-order chi connectivity index (χ0) is 21.7. The Morgan fingerprint density at radius 2 is 1.90 bits per heavy atom. The molecule has 0 spiro atoms. The van der Waals surface area contributed by atoms with Crippen LogP contribution in [0.5, 0.6) is 5.75 Å². The number of aryl methyl sites for hydroxylation is 1. The predicted molar refractivity (Wildman–Crippen MR) is 110 cm³/mol. The smallest absolute Gasteiger partial charge is 0.258 e. The number of aromatic hydroxyl groups is 1. The van der Waals surface area contributed by atoms with Crippen LogP contribution in [0, 0.1) is 5.82 Å². The Kier molecular flexibility index (Phi) is 4.39. The molecule has 1 amide bonds. The molecule has 0 saturated heterocycles. The summed E-state index contributed by atoms with van der Waals surface area (Å²) in [5.41, 5.74) is 4.15. The third-order valence-corrected chi connectivity index (χ3v) is 5.72. The second kappa shape index (κ2) is 7.12. The standard InChI is InChI=1S/C22H19FN6O2/c1-28-11-17-15(9-18-25-26-27-29(18)2)16-8-13(7-12-3-5-14(23)6-4-12)10-24-20(16)21(30)19(17)22(28)31/h3-6,8,10,30H,7,9,11H2,1-2H3. The molecule has 1 aliphatic heterocycles. The van der Waals surface area contributed by atoms with E-state index < -0.39 is 0 Å². The fraction of sp³-hybridized carbons (Fsp3) is 0.227. The van der Waals surface area contributed by atoms with Crippen LogP contribution in [0.25, 0.3) is 10.9 Å². The SMILES string of the molecule is CN1Cc2c(c(O)c3ncc(Cc4ccc(F)cc4)cc3c2Cc2nnnn2C)C1=O. The molecule has 156 valence electrons. The number of pyridine rings is 1. The van der Waals surface area contributed by atoms with Gasteiger partial charge in [0.2, 0.25) is 0 Å². The van der Waals surface area contributed by atoms with Crippen LogP contribution < -0.4 is 0 Å². The first-order chi connectivity index (χ1) is 14.9. The summed E-state index contributed by atoms with van der Waals surface area (Å²) in [6, 6.07) is 8.29. The number of carbonyl (C=O) groups excluding carboxylic acids is 1. The monoisotopic (exact) mass is 418 g/mol. The molecule has 2 aromatic heterocycles. The van der Waals surface area contributed by atoms with Gasteiger partial charge >= 0.3 is 0 Å². The Hall–Kier alpha value is -3.88. The number of hydrogen-bond donors (Lipinski definition) is 1. The van der Waals surface area contributed by atoms with Crippen molar-refractivity contribution in [2.75, 3.05) is 7.05 Å². The van der Waals surface area contributed by atoms with Gasteiger partial charge in [-0.25, -0.2) is 9.07 Å². The van der Waals surface area contributed by atoms with Crippen LogP contribution in [0.4, 0.5) is 4.39 Å². The zero-order valence-corrected chi connectivity index (χ0v) is 17.0. The normalized spacial score (nSPS) is 13.3. The highest BCUT2D eigenvalue weighted by atomic mass is 19.1. The Morgan fingerprint density at radius 1 is 1.13 bits per heavy atom.